The molecule has 25 heavy (non-hydrogen) atoms. The van der Waals surface area contributed by atoms with Crippen LogP contribution in [-0.2, 0) is 6.54 Å². The highest BCUT2D eigenvalue weighted by Crippen LogP contribution is 2.25. The van der Waals surface area contributed by atoms with E-state index in [2.05, 4.69) is 16.2 Å². The standard InChI is InChI=1S/C19H14ClFN4/c1-13-17(10-15(11-22)18-4-2-3-9-23-18)19(20)25(24-13)12-14-5-7-16(21)8-6-14/h2-10H,12H2,1H3. The Bertz CT molecular complexity index is 954. The van der Waals surface area contributed by atoms with Crippen molar-refractivity contribution in [1.29, 1.82) is 5.26 Å². The van der Waals surface area contributed by atoms with Gasteiger partial charge in [-0.2, -0.15) is 10.4 Å². The van der Waals surface area contributed by atoms with Crippen LogP contribution in [0.15, 0.2) is 48.7 Å². The van der Waals surface area contributed by atoms with Crippen molar-refractivity contribution in [3.8, 4) is 6.07 Å². The second kappa shape index (κ2) is 7.29. The zero-order valence-electron chi connectivity index (χ0n) is 13.4. The molecule has 3 rings (SSSR count). The first-order valence-corrected chi connectivity index (χ1v) is 7.97. The molecule has 2 aromatic heterocycles. The fraction of sp³-hybridized carbons (Fsp3) is 0.105. The van der Waals surface area contributed by atoms with Crippen LogP contribution in [0.2, 0.25) is 5.15 Å². The zero-order valence-corrected chi connectivity index (χ0v) is 14.2. The summed E-state index contributed by atoms with van der Waals surface area (Å²) in [5.74, 6) is -0.288. The topological polar surface area (TPSA) is 54.5 Å². The van der Waals surface area contributed by atoms with Crippen LogP contribution in [0.4, 0.5) is 4.39 Å². The molecular weight excluding hydrogens is 339 g/mol. The van der Waals surface area contributed by atoms with Gasteiger partial charge in [-0.25, -0.2) is 9.07 Å². The molecule has 1 aromatic carbocycles. The maximum Gasteiger partial charge on any atom is 0.134 e. The number of hydrogen-bond acceptors (Lipinski definition) is 3. The van der Waals surface area contributed by atoms with Crippen LogP contribution >= 0.6 is 11.6 Å². The van der Waals surface area contributed by atoms with Gasteiger partial charge in [0, 0.05) is 11.8 Å². The predicted octanol–water partition coefficient (Wildman–Crippen LogP) is 4.49. The van der Waals surface area contributed by atoms with Gasteiger partial charge in [0.1, 0.15) is 17.0 Å². The van der Waals surface area contributed by atoms with Crippen molar-refractivity contribution in [3.63, 3.8) is 0 Å². The van der Waals surface area contributed by atoms with Crippen molar-refractivity contribution in [1.82, 2.24) is 14.8 Å². The number of pyridine rings is 1. The van der Waals surface area contributed by atoms with E-state index < -0.39 is 0 Å². The summed E-state index contributed by atoms with van der Waals surface area (Å²) in [4.78, 5) is 4.19. The fourth-order valence-corrected chi connectivity index (χ4v) is 2.72. The molecule has 0 saturated heterocycles. The number of halogens is 2. The van der Waals surface area contributed by atoms with Crippen LogP contribution in [0, 0.1) is 24.1 Å². The third-order valence-corrected chi connectivity index (χ3v) is 4.10. The number of rotatable bonds is 4. The summed E-state index contributed by atoms with van der Waals surface area (Å²) < 4.78 is 14.7. The van der Waals surface area contributed by atoms with Crippen molar-refractivity contribution in [3.05, 3.63) is 82.1 Å². The van der Waals surface area contributed by atoms with Gasteiger partial charge in [-0.15, -0.1) is 0 Å². The quantitative estimate of drug-likeness (QED) is 0.650. The van der Waals surface area contributed by atoms with E-state index in [0.29, 0.717) is 34.2 Å². The number of benzene rings is 1. The highest BCUT2D eigenvalue weighted by molar-refractivity contribution is 6.31. The molecule has 0 bridgehead atoms. The van der Waals surface area contributed by atoms with E-state index in [1.807, 2.05) is 13.0 Å². The van der Waals surface area contributed by atoms with E-state index >= 15 is 0 Å². The molecule has 0 spiro atoms. The van der Waals surface area contributed by atoms with Gasteiger partial charge in [0.15, 0.2) is 0 Å². The van der Waals surface area contributed by atoms with Crippen LogP contribution in [-0.4, -0.2) is 14.8 Å². The van der Waals surface area contributed by atoms with Gasteiger partial charge in [0.25, 0.3) is 0 Å². The number of aryl methyl sites for hydroxylation is 1. The first kappa shape index (κ1) is 16.9. The van der Waals surface area contributed by atoms with E-state index in [9.17, 15) is 9.65 Å². The van der Waals surface area contributed by atoms with Crippen molar-refractivity contribution in [2.75, 3.05) is 0 Å². The van der Waals surface area contributed by atoms with Gasteiger partial charge >= 0.3 is 0 Å². The molecule has 0 aliphatic heterocycles. The lowest BCUT2D eigenvalue weighted by molar-refractivity contribution is 0.624. The fourth-order valence-electron chi connectivity index (χ4n) is 2.43. The minimum atomic E-state index is -0.288. The zero-order chi connectivity index (χ0) is 17.8. The lowest BCUT2D eigenvalue weighted by Gasteiger charge is -2.04. The summed E-state index contributed by atoms with van der Waals surface area (Å²) >= 11 is 6.45. The molecule has 2 heterocycles. The summed E-state index contributed by atoms with van der Waals surface area (Å²) in [7, 11) is 0. The first-order chi connectivity index (χ1) is 12.1. The summed E-state index contributed by atoms with van der Waals surface area (Å²) in [6, 6.07) is 13.7. The Morgan fingerprint density at radius 1 is 1.28 bits per heavy atom. The molecular formula is C19H14ClFN4. The van der Waals surface area contributed by atoms with Crippen LogP contribution in [0.1, 0.15) is 22.5 Å². The number of hydrogen-bond donors (Lipinski definition) is 0. The Hall–Kier alpha value is -2.97. The average molecular weight is 353 g/mol. The number of nitriles is 1. The maximum absolute atomic E-state index is 13.0. The number of aromatic nitrogens is 3. The molecule has 0 aliphatic carbocycles. The molecule has 0 atom stereocenters. The predicted molar refractivity (Wildman–Crippen MR) is 95.2 cm³/mol. The normalized spacial score (nSPS) is 11.4. The highest BCUT2D eigenvalue weighted by Gasteiger charge is 2.14. The third kappa shape index (κ3) is 3.76. The summed E-state index contributed by atoms with van der Waals surface area (Å²) in [5, 5.41) is 14.3. The Kier molecular flexibility index (Phi) is 4.92. The molecule has 6 heteroatoms. The molecule has 0 aliphatic rings. The lowest BCUT2D eigenvalue weighted by Crippen LogP contribution is -2.02. The molecule has 0 unspecified atom stereocenters. The monoisotopic (exact) mass is 352 g/mol. The molecule has 3 aromatic rings. The Morgan fingerprint density at radius 2 is 2.04 bits per heavy atom. The summed E-state index contributed by atoms with van der Waals surface area (Å²) in [6.07, 6.45) is 3.32. The maximum atomic E-state index is 13.0. The van der Waals surface area contributed by atoms with Gasteiger partial charge in [0.05, 0.1) is 23.5 Å². The summed E-state index contributed by atoms with van der Waals surface area (Å²) in [5.41, 5.74) is 3.24. The average Bonchev–Trinajstić information content (AvgIpc) is 2.89. The third-order valence-electron chi connectivity index (χ3n) is 3.70. The second-order valence-corrected chi connectivity index (χ2v) is 5.82. The van der Waals surface area contributed by atoms with E-state index in [4.69, 9.17) is 11.6 Å². The van der Waals surface area contributed by atoms with Crippen LogP contribution < -0.4 is 0 Å². The largest absolute Gasteiger partial charge is 0.256 e. The minimum absolute atomic E-state index is 0.288. The minimum Gasteiger partial charge on any atom is -0.256 e. The van der Waals surface area contributed by atoms with Gasteiger partial charge in [0.2, 0.25) is 0 Å². The molecule has 0 fully saturated rings. The van der Waals surface area contributed by atoms with Crippen LogP contribution in [0.5, 0.6) is 0 Å². The Morgan fingerprint density at radius 3 is 2.68 bits per heavy atom. The first-order valence-electron chi connectivity index (χ1n) is 7.59. The van der Waals surface area contributed by atoms with Gasteiger partial charge < -0.3 is 0 Å². The van der Waals surface area contributed by atoms with Crippen molar-refractivity contribution < 1.29 is 4.39 Å². The van der Waals surface area contributed by atoms with Crippen molar-refractivity contribution in [2.45, 2.75) is 13.5 Å². The molecule has 0 N–H and O–H groups in total. The Balaban J connectivity index is 1.95. The molecule has 124 valence electrons. The van der Waals surface area contributed by atoms with Crippen LogP contribution in [0.3, 0.4) is 0 Å². The van der Waals surface area contributed by atoms with E-state index in [-0.39, 0.29) is 5.82 Å². The SMILES string of the molecule is Cc1nn(Cc2ccc(F)cc2)c(Cl)c1C=C(C#N)c1ccccn1. The van der Waals surface area contributed by atoms with Gasteiger partial charge in [-0.05, 0) is 42.8 Å². The summed E-state index contributed by atoms with van der Waals surface area (Å²) in [6.45, 7) is 2.24. The van der Waals surface area contributed by atoms with Gasteiger partial charge in [-0.3, -0.25) is 4.98 Å². The van der Waals surface area contributed by atoms with E-state index in [1.165, 1.54) is 12.1 Å². The number of nitrogens with zero attached hydrogens (tertiary/aromatic N) is 4. The van der Waals surface area contributed by atoms with E-state index in [0.717, 1.165) is 5.56 Å². The number of allylic oxidation sites excluding steroid dienone is 1. The van der Waals surface area contributed by atoms with Crippen molar-refractivity contribution >= 4 is 23.3 Å². The molecule has 0 saturated carbocycles. The van der Waals surface area contributed by atoms with Crippen molar-refractivity contribution in [2.24, 2.45) is 0 Å². The van der Waals surface area contributed by atoms with Gasteiger partial charge in [-0.1, -0.05) is 29.8 Å². The highest BCUT2D eigenvalue weighted by atomic mass is 35.5. The van der Waals surface area contributed by atoms with E-state index in [1.54, 1.807) is 41.2 Å². The smallest absolute Gasteiger partial charge is 0.134 e. The Labute approximate surface area is 149 Å². The molecule has 0 radical (unpaired) electrons. The second-order valence-electron chi connectivity index (χ2n) is 5.46. The lowest BCUT2D eigenvalue weighted by atomic mass is 10.1. The molecule has 4 nitrogen and oxygen atoms in total. The van der Waals surface area contributed by atoms with Crippen LogP contribution in [0.25, 0.3) is 11.6 Å². The molecule has 0 amide bonds.